The molecule has 1 atom stereocenters. The van der Waals surface area contributed by atoms with Gasteiger partial charge in [0.2, 0.25) is 0 Å². The SMILES string of the molecule is N#Cc1ccc(C(=O)NCC(O)Cn2ccccc2=O)cc1. The van der Waals surface area contributed by atoms with E-state index in [1.165, 1.54) is 10.6 Å². The number of hydrogen-bond acceptors (Lipinski definition) is 4. The predicted molar refractivity (Wildman–Crippen MR) is 80.2 cm³/mol. The lowest BCUT2D eigenvalue weighted by atomic mass is 10.1. The molecule has 1 heterocycles. The Morgan fingerprint density at radius 2 is 2.00 bits per heavy atom. The molecule has 0 aliphatic carbocycles. The quantitative estimate of drug-likeness (QED) is 0.840. The fourth-order valence-electron chi connectivity index (χ4n) is 1.91. The fourth-order valence-corrected chi connectivity index (χ4v) is 1.91. The zero-order chi connectivity index (χ0) is 15.9. The summed E-state index contributed by atoms with van der Waals surface area (Å²) in [6, 6.07) is 12.9. The zero-order valence-corrected chi connectivity index (χ0v) is 11.8. The lowest BCUT2D eigenvalue weighted by Crippen LogP contribution is -2.36. The van der Waals surface area contributed by atoms with Crippen LogP contribution in [-0.2, 0) is 6.54 Å². The van der Waals surface area contributed by atoms with Crippen molar-refractivity contribution in [2.75, 3.05) is 6.54 Å². The minimum atomic E-state index is -0.873. The van der Waals surface area contributed by atoms with Crippen molar-refractivity contribution in [1.29, 1.82) is 5.26 Å². The highest BCUT2D eigenvalue weighted by molar-refractivity contribution is 5.94. The van der Waals surface area contributed by atoms with E-state index in [2.05, 4.69) is 5.32 Å². The third-order valence-electron chi connectivity index (χ3n) is 3.08. The summed E-state index contributed by atoms with van der Waals surface area (Å²) in [6.45, 7) is 0.132. The molecule has 6 heteroatoms. The van der Waals surface area contributed by atoms with Crippen molar-refractivity contribution < 1.29 is 9.90 Å². The van der Waals surface area contributed by atoms with Crippen molar-refractivity contribution in [3.05, 3.63) is 70.1 Å². The van der Waals surface area contributed by atoms with E-state index in [-0.39, 0.29) is 24.6 Å². The first kappa shape index (κ1) is 15.5. The number of aliphatic hydroxyl groups excluding tert-OH is 1. The standard InChI is InChI=1S/C16H15N3O3/c17-9-12-4-6-13(7-5-12)16(22)18-10-14(20)11-19-8-2-1-3-15(19)21/h1-8,14,20H,10-11H2,(H,18,22). The molecular weight excluding hydrogens is 282 g/mol. The van der Waals surface area contributed by atoms with E-state index in [0.717, 1.165) is 0 Å². The summed E-state index contributed by atoms with van der Waals surface area (Å²) in [5.74, 6) is -0.344. The molecule has 1 amide bonds. The Balaban J connectivity index is 1.89. The third kappa shape index (κ3) is 4.04. The van der Waals surface area contributed by atoms with Gasteiger partial charge in [0.15, 0.2) is 0 Å². The van der Waals surface area contributed by atoms with Gasteiger partial charge in [-0.15, -0.1) is 0 Å². The molecular formula is C16H15N3O3. The Labute approximate surface area is 127 Å². The molecule has 1 unspecified atom stereocenters. The van der Waals surface area contributed by atoms with Crippen LogP contribution in [0.3, 0.4) is 0 Å². The van der Waals surface area contributed by atoms with Crippen LogP contribution in [0, 0.1) is 11.3 Å². The van der Waals surface area contributed by atoms with Crippen molar-refractivity contribution in [2.45, 2.75) is 12.6 Å². The highest BCUT2D eigenvalue weighted by atomic mass is 16.3. The maximum Gasteiger partial charge on any atom is 0.251 e. The number of nitrogens with zero attached hydrogens (tertiary/aromatic N) is 2. The maximum absolute atomic E-state index is 11.9. The van der Waals surface area contributed by atoms with Crippen molar-refractivity contribution in [3.8, 4) is 6.07 Å². The van der Waals surface area contributed by atoms with Crippen LogP contribution in [-0.4, -0.2) is 28.2 Å². The fraction of sp³-hybridized carbons (Fsp3) is 0.188. The normalized spacial score (nSPS) is 11.5. The van der Waals surface area contributed by atoms with Crippen LogP contribution in [0.5, 0.6) is 0 Å². The zero-order valence-electron chi connectivity index (χ0n) is 11.8. The Morgan fingerprint density at radius 3 is 2.64 bits per heavy atom. The smallest absolute Gasteiger partial charge is 0.251 e. The maximum atomic E-state index is 11.9. The summed E-state index contributed by atoms with van der Waals surface area (Å²) in [7, 11) is 0. The number of nitriles is 1. The summed E-state index contributed by atoms with van der Waals surface area (Å²) < 4.78 is 1.37. The molecule has 0 spiro atoms. The van der Waals surface area contributed by atoms with Gasteiger partial charge in [-0.2, -0.15) is 5.26 Å². The van der Waals surface area contributed by atoms with E-state index < -0.39 is 6.10 Å². The molecule has 0 aliphatic rings. The highest BCUT2D eigenvalue weighted by Crippen LogP contribution is 2.03. The van der Waals surface area contributed by atoms with Gasteiger partial charge in [0.25, 0.3) is 11.5 Å². The first-order valence-corrected chi connectivity index (χ1v) is 6.72. The molecule has 6 nitrogen and oxygen atoms in total. The molecule has 112 valence electrons. The molecule has 1 aromatic heterocycles. The lowest BCUT2D eigenvalue weighted by Gasteiger charge is -2.13. The monoisotopic (exact) mass is 297 g/mol. The first-order chi connectivity index (χ1) is 10.6. The number of hydrogen-bond donors (Lipinski definition) is 2. The van der Waals surface area contributed by atoms with Gasteiger partial charge in [-0.1, -0.05) is 6.07 Å². The molecule has 0 saturated carbocycles. The number of carbonyl (C=O) groups excluding carboxylic acids is 1. The second-order valence-corrected chi connectivity index (χ2v) is 4.74. The third-order valence-corrected chi connectivity index (χ3v) is 3.08. The number of aliphatic hydroxyl groups is 1. The molecule has 2 N–H and O–H groups in total. The number of rotatable bonds is 5. The molecule has 0 aliphatic heterocycles. The number of benzene rings is 1. The largest absolute Gasteiger partial charge is 0.389 e. The molecule has 0 radical (unpaired) electrons. The van der Waals surface area contributed by atoms with E-state index >= 15 is 0 Å². The predicted octanol–water partition coefficient (Wildman–Crippen LogP) is 0.511. The van der Waals surface area contributed by atoms with Crippen molar-refractivity contribution in [1.82, 2.24) is 9.88 Å². The van der Waals surface area contributed by atoms with Crippen LogP contribution < -0.4 is 10.9 Å². The van der Waals surface area contributed by atoms with Gasteiger partial charge in [0, 0.05) is 24.4 Å². The molecule has 0 fully saturated rings. The summed E-state index contributed by atoms with van der Waals surface area (Å²) in [5.41, 5.74) is 0.670. The number of pyridine rings is 1. The topological polar surface area (TPSA) is 95.1 Å². The summed E-state index contributed by atoms with van der Waals surface area (Å²) in [6.07, 6.45) is 0.705. The van der Waals surface area contributed by atoms with E-state index in [9.17, 15) is 14.7 Å². The summed E-state index contributed by atoms with van der Waals surface area (Å²) in [4.78, 5) is 23.4. The van der Waals surface area contributed by atoms with Crippen molar-refractivity contribution >= 4 is 5.91 Å². The molecule has 1 aromatic carbocycles. The number of aromatic nitrogens is 1. The molecule has 0 saturated heterocycles. The van der Waals surface area contributed by atoms with Crippen LogP contribution in [0.25, 0.3) is 0 Å². The number of nitrogens with one attached hydrogen (secondary N) is 1. The van der Waals surface area contributed by atoms with Crippen LogP contribution in [0.4, 0.5) is 0 Å². The van der Waals surface area contributed by atoms with Gasteiger partial charge in [-0.05, 0) is 30.3 Å². The highest BCUT2D eigenvalue weighted by Gasteiger charge is 2.10. The summed E-state index contributed by atoms with van der Waals surface area (Å²) in [5, 5.41) is 21.2. The molecule has 2 rings (SSSR count). The Hall–Kier alpha value is -2.91. The van der Waals surface area contributed by atoms with Crippen LogP contribution in [0.1, 0.15) is 15.9 Å². The van der Waals surface area contributed by atoms with Crippen molar-refractivity contribution in [2.24, 2.45) is 0 Å². The average molecular weight is 297 g/mol. The van der Waals surface area contributed by atoms with Gasteiger partial charge >= 0.3 is 0 Å². The Kier molecular flexibility index (Phi) is 5.07. The van der Waals surface area contributed by atoms with Gasteiger partial charge < -0.3 is 15.0 Å². The van der Waals surface area contributed by atoms with Crippen LogP contribution in [0.2, 0.25) is 0 Å². The van der Waals surface area contributed by atoms with Crippen LogP contribution >= 0.6 is 0 Å². The second kappa shape index (κ2) is 7.20. The minimum absolute atomic E-state index is 0.0279. The van der Waals surface area contributed by atoms with Gasteiger partial charge in [-0.25, -0.2) is 0 Å². The minimum Gasteiger partial charge on any atom is -0.389 e. The Bertz CT molecular complexity index is 744. The molecule has 2 aromatic rings. The van der Waals surface area contributed by atoms with Gasteiger partial charge in [-0.3, -0.25) is 9.59 Å². The number of amides is 1. The van der Waals surface area contributed by atoms with Gasteiger partial charge in [0.05, 0.1) is 24.3 Å². The van der Waals surface area contributed by atoms with E-state index in [0.29, 0.717) is 11.1 Å². The Morgan fingerprint density at radius 1 is 1.27 bits per heavy atom. The number of carbonyl (C=O) groups is 1. The average Bonchev–Trinajstić information content (AvgIpc) is 2.55. The second-order valence-electron chi connectivity index (χ2n) is 4.74. The van der Waals surface area contributed by atoms with Crippen LogP contribution in [0.15, 0.2) is 53.5 Å². The first-order valence-electron chi connectivity index (χ1n) is 6.72. The molecule has 22 heavy (non-hydrogen) atoms. The van der Waals surface area contributed by atoms with E-state index in [1.807, 2.05) is 6.07 Å². The van der Waals surface area contributed by atoms with E-state index in [4.69, 9.17) is 5.26 Å². The van der Waals surface area contributed by atoms with E-state index in [1.54, 1.807) is 42.6 Å². The lowest BCUT2D eigenvalue weighted by molar-refractivity contribution is 0.0903. The summed E-state index contributed by atoms with van der Waals surface area (Å²) >= 11 is 0. The van der Waals surface area contributed by atoms with Crippen molar-refractivity contribution in [3.63, 3.8) is 0 Å². The van der Waals surface area contributed by atoms with Gasteiger partial charge in [0.1, 0.15) is 0 Å². The molecule has 0 bridgehead atoms.